The smallest absolute Gasteiger partial charge is 0.263 e. The number of rotatable bonds is 9. The predicted molar refractivity (Wildman–Crippen MR) is 129 cm³/mol. The number of ether oxygens (including phenoxy) is 2. The van der Waals surface area contributed by atoms with Crippen LogP contribution >= 0.6 is 11.3 Å². The molecule has 0 spiro atoms. The number of carbonyl (C=O) groups excluding carboxylic acids is 1. The lowest BCUT2D eigenvalue weighted by Crippen LogP contribution is -2.25. The van der Waals surface area contributed by atoms with Crippen molar-refractivity contribution in [3.8, 4) is 11.5 Å². The fourth-order valence-electron chi connectivity index (χ4n) is 3.36. The van der Waals surface area contributed by atoms with Crippen molar-refractivity contribution in [1.29, 1.82) is 0 Å². The van der Waals surface area contributed by atoms with Gasteiger partial charge in [-0.3, -0.25) is 9.52 Å². The molecule has 0 aliphatic carbocycles. The Balaban J connectivity index is 1.65. The van der Waals surface area contributed by atoms with Crippen molar-refractivity contribution in [3.63, 3.8) is 0 Å². The van der Waals surface area contributed by atoms with Gasteiger partial charge >= 0.3 is 0 Å². The van der Waals surface area contributed by atoms with Gasteiger partial charge in [-0.25, -0.2) is 13.4 Å². The summed E-state index contributed by atoms with van der Waals surface area (Å²) in [6.45, 7) is 5.72. The SMILES string of the molecule is COc1ccc(CCNC(=O)c2sc(NS(=O)(=O)c3ccc(C)cc3C)nc2C)cc1OC. The molecule has 1 heterocycles. The summed E-state index contributed by atoms with van der Waals surface area (Å²) in [6.07, 6.45) is 0.593. The van der Waals surface area contributed by atoms with Crippen molar-refractivity contribution < 1.29 is 22.7 Å². The number of sulfonamides is 1. The zero-order valence-corrected chi connectivity index (χ0v) is 20.8. The van der Waals surface area contributed by atoms with E-state index in [9.17, 15) is 13.2 Å². The molecule has 0 atom stereocenters. The summed E-state index contributed by atoms with van der Waals surface area (Å²) >= 11 is 1.01. The number of anilines is 1. The molecule has 3 aromatic rings. The zero-order chi connectivity index (χ0) is 24.2. The average Bonchev–Trinajstić information content (AvgIpc) is 3.12. The van der Waals surface area contributed by atoms with Crippen LogP contribution in [0, 0.1) is 20.8 Å². The molecule has 0 aliphatic rings. The second kappa shape index (κ2) is 10.2. The van der Waals surface area contributed by atoms with E-state index in [-0.39, 0.29) is 15.9 Å². The van der Waals surface area contributed by atoms with Gasteiger partial charge in [0.25, 0.3) is 15.9 Å². The largest absolute Gasteiger partial charge is 0.493 e. The Morgan fingerprint density at radius 1 is 1.03 bits per heavy atom. The monoisotopic (exact) mass is 489 g/mol. The lowest BCUT2D eigenvalue weighted by atomic mass is 10.1. The third-order valence-corrected chi connectivity index (χ3v) is 7.69. The molecular formula is C23H27N3O5S2. The van der Waals surface area contributed by atoms with Crippen molar-refractivity contribution in [1.82, 2.24) is 10.3 Å². The summed E-state index contributed by atoms with van der Waals surface area (Å²) in [5, 5.41) is 3.01. The van der Waals surface area contributed by atoms with Crippen LogP contribution in [0.15, 0.2) is 41.3 Å². The number of aryl methyl sites for hydroxylation is 3. The van der Waals surface area contributed by atoms with Crippen molar-refractivity contribution in [3.05, 3.63) is 63.7 Å². The summed E-state index contributed by atoms with van der Waals surface area (Å²) in [7, 11) is -0.665. The van der Waals surface area contributed by atoms with Crippen molar-refractivity contribution in [2.45, 2.75) is 32.1 Å². The number of benzene rings is 2. The van der Waals surface area contributed by atoms with Gasteiger partial charge in [0.05, 0.1) is 24.8 Å². The summed E-state index contributed by atoms with van der Waals surface area (Å²) in [5.41, 5.74) is 3.06. The minimum absolute atomic E-state index is 0.150. The number of nitrogens with zero attached hydrogens (tertiary/aromatic N) is 1. The van der Waals surface area contributed by atoms with Gasteiger partial charge in [0.1, 0.15) is 4.88 Å². The van der Waals surface area contributed by atoms with E-state index in [1.165, 1.54) is 0 Å². The van der Waals surface area contributed by atoms with E-state index < -0.39 is 10.0 Å². The number of methoxy groups -OCH3 is 2. The summed E-state index contributed by atoms with van der Waals surface area (Å²) in [4.78, 5) is 17.4. The van der Waals surface area contributed by atoms with Gasteiger partial charge in [-0.05, 0) is 56.5 Å². The minimum Gasteiger partial charge on any atom is -0.493 e. The highest BCUT2D eigenvalue weighted by Crippen LogP contribution is 2.28. The van der Waals surface area contributed by atoms with E-state index in [1.807, 2.05) is 25.1 Å². The third-order valence-electron chi connectivity index (χ3n) is 4.99. The first kappa shape index (κ1) is 24.5. The van der Waals surface area contributed by atoms with Crippen LogP contribution in [0.2, 0.25) is 0 Å². The molecule has 0 aliphatic heterocycles. The van der Waals surface area contributed by atoms with Gasteiger partial charge in [-0.2, -0.15) is 0 Å². The van der Waals surface area contributed by atoms with Crippen molar-refractivity contribution >= 4 is 32.4 Å². The topological polar surface area (TPSA) is 107 Å². The van der Waals surface area contributed by atoms with E-state index in [0.29, 0.717) is 40.6 Å². The predicted octanol–water partition coefficient (Wildman–Crippen LogP) is 3.86. The maximum absolute atomic E-state index is 12.8. The standard InChI is InChI=1S/C23H27N3O5S2/c1-14-6-9-20(15(2)12-14)33(28,29)26-23-25-16(3)21(32-23)22(27)24-11-10-17-7-8-18(30-4)19(13-17)31-5/h6-9,12-13H,10-11H2,1-5H3,(H,24,27)(H,25,26). The molecule has 0 saturated carbocycles. The lowest BCUT2D eigenvalue weighted by Gasteiger charge is -2.10. The van der Waals surface area contributed by atoms with Gasteiger partial charge in [0, 0.05) is 6.54 Å². The van der Waals surface area contributed by atoms with E-state index >= 15 is 0 Å². The van der Waals surface area contributed by atoms with Crippen LogP contribution in [0.4, 0.5) is 5.13 Å². The van der Waals surface area contributed by atoms with Crippen LogP contribution in [0.25, 0.3) is 0 Å². The second-order valence-electron chi connectivity index (χ2n) is 7.50. The number of thiazole rings is 1. The summed E-state index contributed by atoms with van der Waals surface area (Å²) < 4.78 is 38.6. The molecule has 1 aromatic heterocycles. The van der Waals surface area contributed by atoms with E-state index in [0.717, 1.165) is 22.5 Å². The normalized spacial score (nSPS) is 11.2. The molecule has 0 fully saturated rings. The highest BCUT2D eigenvalue weighted by atomic mass is 32.2. The molecule has 0 bridgehead atoms. The van der Waals surface area contributed by atoms with Gasteiger partial charge in [-0.15, -0.1) is 0 Å². The first-order valence-electron chi connectivity index (χ1n) is 10.2. The van der Waals surface area contributed by atoms with E-state index in [1.54, 1.807) is 46.3 Å². The first-order chi connectivity index (χ1) is 15.6. The molecular weight excluding hydrogens is 462 g/mol. The molecule has 10 heteroatoms. The molecule has 33 heavy (non-hydrogen) atoms. The Bertz CT molecular complexity index is 1270. The maximum Gasteiger partial charge on any atom is 0.263 e. The quantitative estimate of drug-likeness (QED) is 0.473. The summed E-state index contributed by atoms with van der Waals surface area (Å²) in [6, 6.07) is 10.7. The molecule has 8 nitrogen and oxygen atoms in total. The molecule has 0 unspecified atom stereocenters. The maximum atomic E-state index is 12.8. The Morgan fingerprint density at radius 2 is 1.76 bits per heavy atom. The van der Waals surface area contributed by atoms with Crippen molar-refractivity contribution in [2.24, 2.45) is 0 Å². The van der Waals surface area contributed by atoms with Crippen LogP contribution < -0.4 is 19.5 Å². The Labute approximate surface area is 198 Å². The molecule has 0 radical (unpaired) electrons. The van der Waals surface area contributed by atoms with Gasteiger partial charge in [0.2, 0.25) is 0 Å². The van der Waals surface area contributed by atoms with Crippen LogP contribution in [0.1, 0.15) is 32.1 Å². The van der Waals surface area contributed by atoms with Crippen LogP contribution in [0.3, 0.4) is 0 Å². The number of carbonyl (C=O) groups is 1. The minimum atomic E-state index is -3.81. The highest BCUT2D eigenvalue weighted by molar-refractivity contribution is 7.93. The average molecular weight is 490 g/mol. The van der Waals surface area contributed by atoms with Gasteiger partial charge in [0.15, 0.2) is 16.6 Å². The number of hydrogen-bond acceptors (Lipinski definition) is 7. The third kappa shape index (κ3) is 5.82. The lowest BCUT2D eigenvalue weighted by molar-refractivity contribution is 0.0957. The first-order valence-corrected chi connectivity index (χ1v) is 12.5. The Morgan fingerprint density at radius 3 is 2.42 bits per heavy atom. The fourth-order valence-corrected chi connectivity index (χ4v) is 5.70. The van der Waals surface area contributed by atoms with Crippen molar-refractivity contribution in [2.75, 3.05) is 25.5 Å². The highest BCUT2D eigenvalue weighted by Gasteiger charge is 2.21. The fraction of sp³-hybridized carbons (Fsp3) is 0.304. The number of hydrogen-bond donors (Lipinski definition) is 2. The molecule has 3 rings (SSSR count). The Kier molecular flexibility index (Phi) is 7.60. The van der Waals surface area contributed by atoms with E-state index in [2.05, 4.69) is 15.0 Å². The number of aromatic nitrogens is 1. The van der Waals surface area contributed by atoms with Crippen LogP contribution in [-0.4, -0.2) is 40.1 Å². The summed E-state index contributed by atoms with van der Waals surface area (Å²) in [5.74, 6) is 0.962. The molecule has 176 valence electrons. The molecule has 0 saturated heterocycles. The van der Waals surface area contributed by atoms with Gasteiger partial charge in [-0.1, -0.05) is 35.1 Å². The molecule has 1 amide bonds. The zero-order valence-electron chi connectivity index (χ0n) is 19.2. The molecule has 2 N–H and O–H groups in total. The van der Waals surface area contributed by atoms with Crippen LogP contribution in [0.5, 0.6) is 11.5 Å². The number of nitrogens with one attached hydrogen (secondary N) is 2. The Hall–Kier alpha value is -3.11. The molecule has 2 aromatic carbocycles. The van der Waals surface area contributed by atoms with Gasteiger partial charge < -0.3 is 14.8 Å². The number of amides is 1. The van der Waals surface area contributed by atoms with Crippen LogP contribution in [-0.2, 0) is 16.4 Å². The van der Waals surface area contributed by atoms with E-state index in [4.69, 9.17) is 9.47 Å². The second-order valence-corrected chi connectivity index (χ2v) is 10.2.